The van der Waals surface area contributed by atoms with Crippen LogP contribution in [-0.4, -0.2) is 36.3 Å². The van der Waals surface area contributed by atoms with Gasteiger partial charge in [-0.05, 0) is 24.0 Å². The Morgan fingerprint density at radius 1 is 1.32 bits per heavy atom. The van der Waals surface area contributed by atoms with Crippen molar-refractivity contribution in [1.29, 1.82) is 0 Å². The van der Waals surface area contributed by atoms with Gasteiger partial charge in [0.25, 0.3) is 10.1 Å². The van der Waals surface area contributed by atoms with Crippen LogP contribution < -0.4 is 0 Å². The van der Waals surface area contributed by atoms with Gasteiger partial charge in [0.15, 0.2) is 0 Å². The lowest BCUT2D eigenvalue weighted by atomic mass is 9.99. The van der Waals surface area contributed by atoms with Crippen LogP contribution in [0.15, 0.2) is 36.4 Å². The molecule has 0 amide bonds. The molecule has 0 fully saturated rings. The summed E-state index contributed by atoms with van der Waals surface area (Å²) in [6.07, 6.45) is 3.25. The number of hydrogen-bond acceptors (Lipinski definition) is 3. The molecule has 5 heteroatoms. The fourth-order valence-electron chi connectivity index (χ4n) is 2.52. The molecular weight excluding hydrogens is 262 g/mol. The predicted octanol–water partition coefficient (Wildman–Crippen LogP) is 2.40. The second-order valence-corrected chi connectivity index (χ2v) is 6.29. The number of rotatable bonds is 4. The van der Waals surface area contributed by atoms with Gasteiger partial charge < -0.3 is 0 Å². The molecule has 1 unspecified atom stereocenters. The maximum Gasteiger partial charge on any atom is 0.281 e. The molecule has 1 aliphatic heterocycles. The molecule has 4 nitrogen and oxygen atoms in total. The molecule has 0 radical (unpaired) electrons. The van der Waals surface area contributed by atoms with Crippen molar-refractivity contribution in [1.82, 2.24) is 4.90 Å². The summed E-state index contributed by atoms with van der Waals surface area (Å²) in [7, 11) is -4.00. The molecule has 19 heavy (non-hydrogen) atoms. The Morgan fingerprint density at radius 3 is 2.47 bits per heavy atom. The summed E-state index contributed by atoms with van der Waals surface area (Å²) in [6, 6.07) is 10.1. The van der Waals surface area contributed by atoms with E-state index in [0.717, 1.165) is 6.42 Å². The van der Waals surface area contributed by atoms with Crippen LogP contribution in [0.25, 0.3) is 5.57 Å². The molecule has 0 bridgehead atoms. The summed E-state index contributed by atoms with van der Waals surface area (Å²) < 4.78 is 31.8. The van der Waals surface area contributed by atoms with Crippen molar-refractivity contribution in [2.45, 2.75) is 25.1 Å². The first-order valence-electron chi connectivity index (χ1n) is 6.47. The Labute approximate surface area is 114 Å². The van der Waals surface area contributed by atoms with Crippen molar-refractivity contribution in [2.24, 2.45) is 0 Å². The summed E-state index contributed by atoms with van der Waals surface area (Å²) in [5.74, 6) is 0. The molecular formula is C14H19NO3S. The topological polar surface area (TPSA) is 57.6 Å². The minimum absolute atomic E-state index is 0.396. The highest BCUT2D eigenvalue weighted by Gasteiger charge is 2.29. The van der Waals surface area contributed by atoms with E-state index in [4.69, 9.17) is 0 Å². The Bertz CT molecular complexity index is 551. The van der Waals surface area contributed by atoms with E-state index in [0.29, 0.717) is 19.5 Å². The van der Waals surface area contributed by atoms with Gasteiger partial charge in [0.05, 0.1) is 0 Å². The van der Waals surface area contributed by atoms with Crippen LogP contribution in [0.2, 0.25) is 0 Å². The van der Waals surface area contributed by atoms with Crippen LogP contribution in [0.4, 0.5) is 0 Å². The third-order valence-electron chi connectivity index (χ3n) is 3.49. The van der Waals surface area contributed by atoms with Crippen molar-refractivity contribution < 1.29 is 13.0 Å². The minimum atomic E-state index is -4.00. The molecule has 0 saturated carbocycles. The average Bonchev–Trinajstić information content (AvgIpc) is 2.40. The molecule has 0 saturated heterocycles. The van der Waals surface area contributed by atoms with Crippen molar-refractivity contribution in [3.05, 3.63) is 42.0 Å². The molecule has 1 aromatic rings. The van der Waals surface area contributed by atoms with E-state index in [2.05, 4.69) is 12.1 Å². The third kappa shape index (κ3) is 3.43. The molecule has 1 aliphatic rings. The Balaban J connectivity index is 2.12. The Kier molecular flexibility index (Phi) is 4.39. The molecule has 1 atom stereocenters. The minimum Gasteiger partial charge on any atom is -0.284 e. The van der Waals surface area contributed by atoms with E-state index in [1.807, 2.05) is 29.2 Å². The van der Waals surface area contributed by atoms with Crippen LogP contribution in [0.5, 0.6) is 0 Å². The number of hydrogen-bond donors (Lipinski definition) is 1. The second kappa shape index (κ2) is 5.86. The molecule has 0 spiro atoms. The van der Waals surface area contributed by atoms with Crippen LogP contribution in [0.1, 0.15) is 25.3 Å². The number of nitrogens with zero attached hydrogens (tertiary/aromatic N) is 1. The van der Waals surface area contributed by atoms with Gasteiger partial charge in [-0.15, -0.1) is 0 Å². The molecule has 1 N–H and O–H groups in total. The lowest BCUT2D eigenvalue weighted by Crippen LogP contribution is -2.42. The van der Waals surface area contributed by atoms with E-state index >= 15 is 0 Å². The summed E-state index contributed by atoms with van der Waals surface area (Å²) >= 11 is 0. The lowest BCUT2D eigenvalue weighted by molar-refractivity contribution is 0.254. The highest BCUT2D eigenvalue weighted by atomic mass is 32.2. The van der Waals surface area contributed by atoms with Gasteiger partial charge in [0, 0.05) is 13.1 Å². The van der Waals surface area contributed by atoms with Gasteiger partial charge in [0.1, 0.15) is 5.37 Å². The van der Waals surface area contributed by atoms with Gasteiger partial charge in [-0.3, -0.25) is 9.45 Å². The first kappa shape index (κ1) is 14.2. The van der Waals surface area contributed by atoms with Gasteiger partial charge in [-0.25, -0.2) is 0 Å². The van der Waals surface area contributed by atoms with E-state index < -0.39 is 15.5 Å². The molecule has 0 aromatic heterocycles. The molecule has 1 aromatic carbocycles. The van der Waals surface area contributed by atoms with E-state index in [-0.39, 0.29) is 0 Å². The third-order valence-corrected chi connectivity index (χ3v) is 4.80. The van der Waals surface area contributed by atoms with E-state index in [1.165, 1.54) is 11.1 Å². The first-order valence-corrected chi connectivity index (χ1v) is 7.97. The van der Waals surface area contributed by atoms with Crippen molar-refractivity contribution in [2.75, 3.05) is 13.1 Å². The highest BCUT2D eigenvalue weighted by Crippen LogP contribution is 2.24. The Hall–Kier alpha value is -1.17. The first-order chi connectivity index (χ1) is 9.02. The molecule has 104 valence electrons. The summed E-state index contributed by atoms with van der Waals surface area (Å²) in [4.78, 5) is 1.81. The van der Waals surface area contributed by atoms with Crippen molar-refractivity contribution in [3.8, 4) is 0 Å². The summed E-state index contributed by atoms with van der Waals surface area (Å²) in [5, 5.41) is -0.791. The average molecular weight is 281 g/mol. The summed E-state index contributed by atoms with van der Waals surface area (Å²) in [6.45, 7) is 2.98. The van der Waals surface area contributed by atoms with Crippen LogP contribution in [0.3, 0.4) is 0 Å². The number of benzene rings is 1. The fourth-order valence-corrected chi connectivity index (χ4v) is 3.51. The standard InChI is InChI=1S/C14H19NO3S/c1-2-14(19(16,17)18)15-10-8-13(9-11-15)12-6-4-3-5-7-12/h3-8,14H,2,9-11H2,1H3,(H,16,17,18). The monoisotopic (exact) mass is 281 g/mol. The van der Waals surface area contributed by atoms with Crippen molar-refractivity contribution >= 4 is 15.7 Å². The van der Waals surface area contributed by atoms with Gasteiger partial charge >= 0.3 is 0 Å². The Morgan fingerprint density at radius 2 is 2.00 bits per heavy atom. The van der Waals surface area contributed by atoms with Gasteiger partial charge in [-0.2, -0.15) is 8.42 Å². The molecule has 2 rings (SSSR count). The smallest absolute Gasteiger partial charge is 0.281 e. The predicted molar refractivity (Wildman–Crippen MR) is 76.2 cm³/mol. The largest absolute Gasteiger partial charge is 0.284 e. The zero-order valence-electron chi connectivity index (χ0n) is 11.0. The normalized spacial score (nSPS) is 18.9. The second-order valence-electron chi connectivity index (χ2n) is 4.72. The van der Waals surface area contributed by atoms with Crippen LogP contribution >= 0.6 is 0 Å². The van der Waals surface area contributed by atoms with Gasteiger partial charge in [0.2, 0.25) is 0 Å². The lowest BCUT2D eigenvalue weighted by Gasteiger charge is -2.31. The van der Waals surface area contributed by atoms with E-state index in [1.54, 1.807) is 6.92 Å². The molecule has 1 heterocycles. The van der Waals surface area contributed by atoms with Crippen LogP contribution in [0, 0.1) is 0 Å². The maximum atomic E-state index is 11.3. The van der Waals surface area contributed by atoms with Crippen molar-refractivity contribution in [3.63, 3.8) is 0 Å². The van der Waals surface area contributed by atoms with Gasteiger partial charge in [-0.1, -0.05) is 43.3 Å². The zero-order valence-corrected chi connectivity index (χ0v) is 11.8. The SMILES string of the molecule is CCC(N1CC=C(c2ccccc2)CC1)S(=O)(=O)O. The van der Waals surface area contributed by atoms with Crippen LogP contribution in [-0.2, 0) is 10.1 Å². The van der Waals surface area contributed by atoms with E-state index in [9.17, 15) is 13.0 Å². The highest BCUT2D eigenvalue weighted by molar-refractivity contribution is 7.86. The molecule has 0 aliphatic carbocycles. The zero-order chi connectivity index (χ0) is 13.9. The summed E-state index contributed by atoms with van der Waals surface area (Å²) in [5.41, 5.74) is 2.42. The fraction of sp³-hybridized carbons (Fsp3) is 0.429. The quantitative estimate of drug-likeness (QED) is 0.861. The maximum absolute atomic E-state index is 11.3.